The average Bonchev–Trinajstić information content (AvgIpc) is 1.45. The Balaban J connectivity index is 0.895. The van der Waals surface area contributed by atoms with Crippen LogP contribution in [0.5, 0.6) is 0 Å². The Hall–Kier alpha value is -10.5. The highest BCUT2D eigenvalue weighted by Gasteiger charge is 2.64. The van der Waals surface area contributed by atoms with Crippen LogP contribution in [0.25, 0.3) is 10.4 Å². The van der Waals surface area contributed by atoms with E-state index in [0.29, 0.717) is 30.4 Å². The largest absolute Gasteiger partial charge is 0.454 e. The fraction of sp³-hybridized carbons (Fsp3) is 0.379. The summed E-state index contributed by atoms with van der Waals surface area (Å²) in [6, 6.07) is 76.7. The lowest BCUT2D eigenvalue weighted by molar-refractivity contribution is -0.409. The molecule has 0 aliphatic carbocycles. The highest BCUT2D eigenvalue weighted by atomic mass is 35.5. The fourth-order valence-electron chi connectivity index (χ4n) is 16.4. The smallest absolute Gasteiger partial charge is 0.338 e. The number of hydrogen-bond donors (Lipinski definition) is 0. The number of fused-ring (bicyclic) bond motifs is 3. The maximum absolute atomic E-state index is 16.5. The number of unbranched alkanes of at least 4 members (excludes halogenated alkanes) is 2. The van der Waals surface area contributed by atoms with Crippen molar-refractivity contribution in [2.45, 2.75) is 188 Å². The van der Waals surface area contributed by atoms with Gasteiger partial charge in [-0.1, -0.05) is 242 Å². The van der Waals surface area contributed by atoms with Crippen molar-refractivity contribution in [3.8, 4) is 0 Å². The van der Waals surface area contributed by atoms with Crippen LogP contribution in [0.3, 0.4) is 0 Å². The molecule has 6 fully saturated rings. The Bertz CT molecular complexity index is 4960. The summed E-state index contributed by atoms with van der Waals surface area (Å²) in [6.07, 6.45) is -29.1. The van der Waals surface area contributed by atoms with Gasteiger partial charge < -0.3 is 90.0 Å². The van der Waals surface area contributed by atoms with Crippen molar-refractivity contribution in [3.63, 3.8) is 0 Å². The number of benzene rings is 9. The molecule has 7 aliphatic heterocycles. The summed E-state index contributed by atoms with van der Waals surface area (Å²) in [5.41, 5.74) is 13.6. The first-order valence-electron chi connectivity index (χ1n) is 41.6. The van der Waals surface area contributed by atoms with Gasteiger partial charge >= 0.3 is 17.9 Å². The van der Waals surface area contributed by atoms with Gasteiger partial charge in [0.1, 0.15) is 79.1 Å². The summed E-state index contributed by atoms with van der Waals surface area (Å²) in [5, 5.41) is 3.72. The molecule has 0 bridgehead atoms. The van der Waals surface area contributed by atoms with Crippen LogP contribution >= 0.6 is 11.6 Å². The molecule has 646 valence electrons. The highest BCUT2D eigenvalue weighted by molar-refractivity contribution is 6.26. The molecule has 16 rings (SSSR count). The Morgan fingerprint density at radius 2 is 0.863 bits per heavy atom. The SMILES string of the molecule is C[C@@H]1O[C@@H](O[C@H]2[C@H](O[C@@H]3O[C@@H]4COC(c5ccccc5)O[C@@H]4[C@H](OC(=O)CCl)[C@H]3OC(=O)c3ccccc3)[C@@H](COCc3ccccc3)O[C@@H](O[C@H]3[C@H]4OC(c5ccccc5)OC[C@H]4O[C@@H](OCCCCCN=[N+]=[N-])[C@@H]3OC(=O)c3ccccc3)[C@@H]2N2C(=O)c3ccccc3C2=O)[C@@H](OCc2ccccc2)[C@H](OCc2ccccc2)[C@@H]1OCc1ccccc1. The predicted octanol–water partition coefficient (Wildman–Crippen LogP) is 14.0. The third-order valence-electron chi connectivity index (χ3n) is 22.4. The van der Waals surface area contributed by atoms with E-state index in [1.54, 1.807) is 91.9 Å². The number of halogens is 1. The van der Waals surface area contributed by atoms with E-state index >= 15 is 19.2 Å². The third kappa shape index (κ3) is 21.0. The Kier molecular flexibility index (Phi) is 29.8. The highest BCUT2D eigenvalue weighted by Crippen LogP contribution is 2.46. The minimum absolute atomic E-state index is 0.0119. The Labute approximate surface area is 721 Å². The van der Waals surface area contributed by atoms with Crippen LogP contribution in [0.1, 0.15) is 114 Å². The molecule has 9 aromatic carbocycles. The van der Waals surface area contributed by atoms with Crippen molar-refractivity contribution in [1.29, 1.82) is 0 Å². The lowest BCUT2D eigenvalue weighted by Crippen LogP contribution is -2.72. The van der Waals surface area contributed by atoms with Crippen molar-refractivity contribution in [1.82, 2.24) is 4.90 Å². The lowest BCUT2D eigenvalue weighted by atomic mass is 9.92. The van der Waals surface area contributed by atoms with Crippen molar-refractivity contribution in [2.75, 3.05) is 38.9 Å². The van der Waals surface area contributed by atoms with Crippen LogP contribution in [-0.4, -0.2) is 196 Å². The number of azide groups is 1. The third-order valence-corrected chi connectivity index (χ3v) is 22.6. The quantitative estimate of drug-likeness (QED) is 0.00520. The van der Waals surface area contributed by atoms with Gasteiger partial charge in [-0.25, -0.2) is 9.59 Å². The number of amides is 2. The molecule has 0 aromatic heterocycles. The summed E-state index contributed by atoms with van der Waals surface area (Å²) < 4.78 is 135. The number of imide groups is 1. The molecule has 9 aromatic rings. The summed E-state index contributed by atoms with van der Waals surface area (Å²) in [6.45, 7) is 1.14. The van der Waals surface area contributed by atoms with Gasteiger partial charge in [-0.2, -0.15) is 0 Å². The van der Waals surface area contributed by atoms with Gasteiger partial charge in [0.05, 0.1) is 74.6 Å². The molecule has 0 radical (unpaired) electrons. The molecule has 2 amide bonds. The van der Waals surface area contributed by atoms with Crippen molar-refractivity contribution < 1.29 is 114 Å². The van der Waals surface area contributed by atoms with Gasteiger partial charge in [0.15, 0.2) is 56.1 Å². The van der Waals surface area contributed by atoms with Crippen LogP contribution in [0, 0.1) is 0 Å². The number of rotatable bonds is 35. The second kappa shape index (κ2) is 42.5. The normalized spacial score (nSPS) is 29.0. The number of carbonyl (C=O) groups excluding carboxylic acids is 5. The van der Waals surface area contributed by atoms with E-state index in [9.17, 15) is 4.79 Å². The molecular weight excluding hydrogens is 1620 g/mol. The number of ether oxygens (including phenoxy) is 19. The number of alkyl halides is 1. The van der Waals surface area contributed by atoms with E-state index in [-0.39, 0.29) is 75.0 Å². The number of esters is 3. The van der Waals surface area contributed by atoms with Gasteiger partial charge in [-0.15, -0.1) is 11.6 Å². The number of carbonyl (C=O) groups is 5. The van der Waals surface area contributed by atoms with E-state index in [4.69, 9.17) is 107 Å². The molecule has 2 unspecified atom stereocenters. The second-order valence-electron chi connectivity index (χ2n) is 30.7. The molecule has 28 nitrogen and oxygen atoms in total. The van der Waals surface area contributed by atoms with Crippen molar-refractivity contribution in [3.05, 3.63) is 333 Å². The van der Waals surface area contributed by atoms with E-state index in [1.807, 2.05) is 158 Å². The predicted molar refractivity (Wildman–Crippen MR) is 443 cm³/mol. The van der Waals surface area contributed by atoms with E-state index in [1.165, 1.54) is 24.3 Å². The van der Waals surface area contributed by atoms with Crippen molar-refractivity contribution >= 4 is 41.3 Å². The first-order valence-corrected chi connectivity index (χ1v) is 42.1. The van der Waals surface area contributed by atoms with Crippen LogP contribution in [0.15, 0.2) is 272 Å². The van der Waals surface area contributed by atoms with Gasteiger partial charge in [0.2, 0.25) is 0 Å². The van der Waals surface area contributed by atoms with E-state index < -0.39 is 178 Å². The molecule has 0 spiro atoms. The maximum Gasteiger partial charge on any atom is 0.338 e. The summed E-state index contributed by atoms with van der Waals surface area (Å²) in [7, 11) is 0. The van der Waals surface area contributed by atoms with E-state index in [0.717, 1.165) is 27.2 Å². The van der Waals surface area contributed by atoms with Crippen LogP contribution in [0.4, 0.5) is 0 Å². The zero-order valence-electron chi connectivity index (χ0n) is 67.8. The number of nitrogens with zero attached hydrogens (tertiary/aromatic N) is 4. The molecule has 22 atom stereocenters. The Morgan fingerprint density at radius 3 is 1.38 bits per heavy atom. The molecule has 7 heterocycles. The zero-order valence-corrected chi connectivity index (χ0v) is 68.5. The average molecular weight is 1710 g/mol. The first-order chi connectivity index (χ1) is 60.9. The maximum atomic E-state index is 16.5. The molecule has 7 aliphatic rings. The summed E-state index contributed by atoms with van der Waals surface area (Å²) >= 11 is 6.41. The molecule has 124 heavy (non-hydrogen) atoms. The Morgan fingerprint density at radius 1 is 0.427 bits per heavy atom. The molecule has 6 saturated heterocycles. The molecule has 0 saturated carbocycles. The molecular formula is C95H95ClN4O24. The number of hydrogen-bond acceptors (Lipinski definition) is 25. The molecule has 29 heteroatoms. The minimum atomic E-state index is -2.00. The van der Waals surface area contributed by atoms with Gasteiger partial charge in [-0.05, 0) is 83.9 Å². The van der Waals surface area contributed by atoms with Gasteiger partial charge in [0, 0.05) is 29.2 Å². The van der Waals surface area contributed by atoms with Gasteiger partial charge in [-0.3, -0.25) is 19.3 Å². The van der Waals surface area contributed by atoms with Crippen LogP contribution in [-0.2, 0) is 121 Å². The van der Waals surface area contributed by atoms with Gasteiger partial charge in [0.25, 0.3) is 11.8 Å². The lowest BCUT2D eigenvalue weighted by Gasteiger charge is -2.54. The van der Waals surface area contributed by atoms with Crippen molar-refractivity contribution in [2.24, 2.45) is 5.11 Å². The standard InChI is InChI=1S/C95H95ClN4O24/c1-59-75(108-53-61-33-13-3-14-34-61)80(109-54-62-35-15-4-16-36-62)83(110-55-63-37-17-5-18-38-63)94(113-59)123-79-74(100-86(102)68-47-27-28-48-69(68)87(100)103)92(124-82-78-71(57-111-91(121-78)67-45-25-9-26-46-67)115-93(107-50-30-10-29-49-98-99-97)84(82)118-88(104)64-39-19-6-20-40-64)114-70(56-106-52-60-31-11-2-12-32-60)76(79)122-95-85(119-89(105)65-41-21-7-22-42-65)81(117-73(101)51-96)77-72(116-95)58-112-90(120-77)66-43-23-8-24-44-66/h2-9,11-28,31-48,59,70-72,74-85,90-95H,10,29-30,49-58H2,1H3/t59-,70+,71+,72+,74+,75+,76+,77-,78-,79+,80+,81-,82-,83-,84+,85+,90?,91?,92-,93+,94-,95-/m0/s1. The first kappa shape index (κ1) is 87.0. The minimum Gasteiger partial charge on any atom is -0.454 e. The molecule has 0 N–H and O–H groups in total. The van der Waals surface area contributed by atoms with Crippen LogP contribution in [0.2, 0.25) is 0 Å². The van der Waals surface area contributed by atoms with Crippen LogP contribution < -0.4 is 0 Å². The summed E-state index contributed by atoms with van der Waals surface area (Å²) in [4.78, 5) is 81.5. The topological polar surface area (TPSA) is 313 Å². The van der Waals surface area contributed by atoms with E-state index in [2.05, 4.69) is 10.0 Å². The zero-order chi connectivity index (χ0) is 85.1. The monoisotopic (exact) mass is 1710 g/mol. The second-order valence-corrected chi connectivity index (χ2v) is 31.0. The fourth-order valence-corrected chi connectivity index (χ4v) is 16.4. The summed E-state index contributed by atoms with van der Waals surface area (Å²) in [5.74, 6) is -5.07.